The van der Waals surface area contributed by atoms with Crippen LogP contribution in [0.5, 0.6) is 0 Å². The molecular weight excluding hydrogens is 530 g/mol. The lowest BCUT2D eigenvalue weighted by Gasteiger charge is -2.41. The number of hydrogen-bond donors (Lipinski definition) is 2. The monoisotopic (exact) mass is 560 g/mol. The van der Waals surface area contributed by atoms with Crippen LogP contribution < -0.4 is 0 Å². The van der Waals surface area contributed by atoms with Crippen LogP contribution in [0.25, 0.3) is 0 Å². The summed E-state index contributed by atoms with van der Waals surface area (Å²) in [6.07, 6.45) is -3.24. The van der Waals surface area contributed by atoms with Crippen molar-refractivity contribution in [3.63, 3.8) is 0 Å². The lowest BCUT2D eigenvalue weighted by Crippen LogP contribution is -2.53. The second-order valence-corrected chi connectivity index (χ2v) is 8.81. The van der Waals surface area contributed by atoms with Crippen LogP contribution in [0, 0.1) is 5.92 Å². The Morgan fingerprint density at radius 3 is 2.11 bits per heavy atom. The molecule has 1 aliphatic carbocycles. The molecule has 0 unspecified atom stereocenters. The maximum atomic E-state index is 10.6. The van der Waals surface area contributed by atoms with E-state index in [0.717, 1.165) is 44.4 Å². The Morgan fingerprint density at radius 1 is 0.974 bits per heavy atom. The van der Waals surface area contributed by atoms with E-state index >= 15 is 0 Å². The van der Waals surface area contributed by atoms with E-state index in [1.54, 1.807) is 0 Å². The van der Waals surface area contributed by atoms with Crippen molar-refractivity contribution in [2.24, 2.45) is 5.92 Å². The lowest BCUT2D eigenvalue weighted by molar-refractivity contribution is -0.193. The van der Waals surface area contributed by atoms with Gasteiger partial charge in [-0.2, -0.15) is 26.3 Å². The Bertz CT molecular complexity index is 842. The minimum absolute atomic E-state index is 0.203. The molecule has 1 aromatic rings. The highest BCUT2D eigenvalue weighted by molar-refractivity contribution is 5.73. The van der Waals surface area contributed by atoms with E-state index in [2.05, 4.69) is 9.88 Å². The average molecular weight is 560 g/mol. The number of alkyl halides is 6. The third-order valence-corrected chi connectivity index (χ3v) is 6.14. The van der Waals surface area contributed by atoms with Gasteiger partial charge in [-0.25, -0.2) is 9.59 Å². The van der Waals surface area contributed by atoms with Crippen LogP contribution >= 0.6 is 0 Å². The van der Waals surface area contributed by atoms with Crippen molar-refractivity contribution in [1.82, 2.24) is 9.88 Å². The van der Waals surface area contributed by atoms with Crippen molar-refractivity contribution in [1.29, 1.82) is 0 Å². The van der Waals surface area contributed by atoms with Crippen molar-refractivity contribution >= 4 is 11.9 Å². The fourth-order valence-electron chi connectivity index (χ4n) is 4.33. The van der Waals surface area contributed by atoms with Crippen LogP contribution in [0.1, 0.15) is 31.4 Å². The molecule has 0 spiro atoms. The van der Waals surface area contributed by atoms with Gasteiger partial charge in [-0.05, 0) is 43.7 Å². The number of pyridine rings is 1. The molecule has 3 atom stereocenters. The highest BCUT2D eigenvalue weighted by Gasteiger charge is 2.44. The molecule has 2 aliphatic heterocycles. The first kappa shape index (κ1) is 31.7. The standard InChI is InChI=1S/C19H28N2O3.2C2HF3O2/c1-2-8-20-16(3-1)14-24-18-5-4-17-19(18)23-12-9-21(17)13-15-6-10-22-11-7-15;2*3-2(4,5)1(6)7/h1-3,8,15,17-19H,4-7,9-14H2;2*(H,6,7)/t17-,18+,19+;;/m0../s1. The van der Waals surface area contributed by atoms with Crippen molar-refractivity contribution in [3.05, 3.63) is 30.1 Å². The highest BCUT2D eigenvalue weighted by Crippen LogP contribution is 2.33. The summed E-state index contributed by atoms with van der Waals surface area (Å²) in [5, 5.41) is 14.2. The number of nitrogens with zero attached hydrogens (tertiary/aromatic N) is 2. The van der Waals surface area contributed by atoms with Crippen LogP contribution in [-0.2, 0) is 30.4 Å². The van der Waals surface area contributed by atoms with Crippen molar-refractivity contribution in [2.75, 3.05) is 32.9 Å². The van der Waals surface area contributed by atoms with E-state index < -0.39 is 24.3 Å². The van der Waals surface area contributed by atoms with E-state index in [1.165, 1.54) is 25.8 Å². The summed E-state index contributed by atoms with van der Waals surface area (Å²) >= 11 is 0. The van der Waals surface area contributed by atoms with Gasteiger partial charge < -0.3 is 24.4 Å². The maximum Gasteiger partial charge on any atom is 0.490 e. The third kappa shape index (κ3) is 10.7. The number of aliphatic carboxylic acids is 2. The van der Waals surface area contributed by atoms with E-state index in [1.807, 2.05) is 24.4 Å². The number of rotatable bonds is 5. The second kappa shape index (κ2) is 14.6. The number of morpholine rings is 1. The molecule has 0 bridgehead atoms. The first-order chi connectivity index (χ1) is 17.8. The van der Waals surface area contributed by atoms with Crippen LogP contribution in [0.3, 0.4) is 0 Å². The zero-order valence-electron chi connectivity index (χ0n) is 20.3. The van der Waals surface area contributed by atoms with E-state index in [4.69, 9.17) is 34.0 Å². The summed E-state index contributed by atoms with van der Waals surface area (Å²) in [6.45, 7) is 5.52. The molecule has 216 valence electrons. The predicted molar refractivity (Wildman–Crippen MR) is 118 cm³/mol. The van der Waals surface area contributed by atoms with Crippen molar-refractivity contribution < 1.29 is 60.4 Å². The van der Waals surface area contributed by atoms with Gasteiger partial charge in [0.25, 0.3) is 0 Å². The number of fused-ring (bicyclic) bond motifs is 1. The fourth-order valence-corrected chi connectivity index (χ4v) is 4.33. The molecular formula is C23H30F6N2O7. The van der Waals surface area contributed by atoms with E-state index in [0.29, 0.717) is 12.6 Å². The average Bonchev–Trinajstić information content (AvgIpc) is 3.28. The summed E-state index contributed by atoms with van der Waals surface area (Å²) in [5.41, 5.74) is 0.996. The summed E-state index contributed by atoms with van der Waals surface area (Å²) in [6, 6.07) is 6.49. The second-order valence-electron chi connectivity index (χ2n) is 8.81. The van der Waals surface area contributed by atoms with Gasteiger partial charge in [-0.3, -0.25) is 9.88 Å². The minimum Gasteiger partial charge on any atom is -0.475 e. The van der Waals surface area contributed by atoms with Crippen LogP contribution in [0.15, 0.2) is 24.4 Å². The summed E-state index contributed by atoms with van der Waals surface area (Å²) in [7, 11) is 0. The third-order valence-electron chi connectivity index (χ3n) is 6.14. The number of carboxylic acids is 2. The number of carbonyl (C=O) groups is 2. The number of aromatic nitrogens is 1. The van der Waals surface area contributed by atoms with Crippen molar-refractivity contribution in [3.8, 4) is 0 Å². The van der Waals surface area contributed by atoms with Crippen molar-refractivity contribution in [2.45, 2.75) is 62.9 Å². The molecule has 0 aromatic carbocycles. The van der Waals surface area contributed by atoms with Gasteiger partial charge in [0.15, 0.2) is 0 Å². The molecule has 3 fully saturated rings. The molecule has 3 aliphatic rings. The molecule has 4 rings (SSSR count). The van der Waals surface area contributed by atoms with Gasteiger partial charge in [0, 0.05) is 38.5 Å². The van der Waals surface area contributed by atoms with Gasteiger partial charge in [0.2, 0.25) is 0 Å². The first-order valence-electron chi connectivity index (χ1n) is 11.8. The summed E-state index contributed by atoms with van der Waals surface area (Å²) in [4.78, 5) is 24.8. The smallest absolute Gasteiger partial charge is 0.475 e. The molecule has 15 heteroatoms. The number of halogens is 6. The molecule has 1 aromatic heterocycles. The summed E-state index contributed by atoms with van der Waals surface area (Å²) < 4.78 is 81.2. The molecule has 3 heterocycles. The predicted octanol–water partition coefficient (Wildman–Crippen LogP) is 3.52. The Kier molecular flexibility index (Phi) is 12.2. The zero-order valence-corrected chi connectivity index (χ0v) is 20.3. The van der Waals surface area contributed by atoms with Crippen LogP contribution in [0.2, 0.25) is 0 Å². The summed E-state index contributed by atoms with van der Waals surface area (Å²) in [5.74, 6) is -4.73. The van der Waals surface area contributed by atoms with E-state index in [9.17, 15) is 26.3 Å². The van der Waals surface area contributed by atoms with Gasteiger partial charge in [0.05, 0.1) is 31.1 Å². The Balaban J connectivity index is 0.000000301. The van der Waals surface area contributed by atoms with Gasteiger partial charge in [-0.1, -0.05) is 6.07 Å². The number of carboxylic acid groups (broad SMARTS) is 2. The van der Waals surface area contributed by atoms with Gasteiger partial charge in [0.1, 0.15) is 0 Å². The quantitative estimate of drug-likeness (QED) is 0.522. The Hall–Kier alpha value is -2.49. The molecule has 2 N–H and O–H groups in total. The Labute approximate surface area is 214 Å². The van der Waals surface area contributed by atoms with Crippen LogP contribution in [0.4, 0.5) is 26.3 Å². The molecule has 0 amide bonds. The molecule has 2 saturated heterocycles. The van der Waals surface area contributed by atoms with E-state index in [-0.39, 0.29) is 12.2 Å². The minimum atomic E-state index is -5.08. The molecule has 38 heavy (non-hydrogen) atoms. The van der Waals surface area contributed by atoms with Gasteiger partial charge >= 0.3 is 24.3 Å². The normalized spacial score (nSPS) is 24.3. The van der Waals surface area contributed by atoms with Gasteiger partial charge in [-0.15, -0.1) is 0 Å². The highest BCUT2D eigenvalue weighted by atomic mass is 19.4. The largest absolute Gasteiger partial charge is 0.490 e. The molecule has 9 nitrogen and oxygen atoms in total. The molecule has 1 saturated carbocycles. The number of ether oxygens (including phenoxy) is 3. The zero-order chi connectivity index (χ0) is 28.3. The maximum absolute atomic E-state index is 10.6. The van der Waals surface area contributed by atoms with Crippen LogP contribution in [-0.4, -0.2) is 95.5 Å². The fraction of sp³-hybridized carbons (Fsp3) is 0.696. The first-order valence-corrected chi connectivity index (χ1v) is 11.8. The SMILES string of the molecule is O=C(O)C(F)(F)F.O=C(O)C(F)(F)F.c1ccc(CO[C@@H]2CC[C@H]3[C@H]2OCCN3CC2CCOCC2)nc1. The Morgan fingerprint density at radius 2 is 1.58 bits per heavy atom. The topological polar surface area (TPSA) is 118 Å². The number of hydrogen-bond acceptors (Lipinski definition) is 7. The molecule has 0 radical (unpaired) electrons. The lowest BCUT2D eigenvalue weighted by atomic mass is 9.98.